The normalized spacial score (nSPS) is 13.7. The number of nitrogens with zero attached hydrogens (tertiary/aromatic N) is 4. The van der Waals surface area contributed by atoms with E-state index >= 15 is 0 Å². The van der Waals surface area contributed by atoms with E-state index in [0.717, 1.165) is 22.7 Å². The third-order valence-electron chi connectivity index (χ3n) is 16.1. The number of thiophene rings is 1. The Balaban J connectivity index is 1.11. The zero-order valence-corrected chi connectivity index (χ0v) is 43.8. The number of fused-ring (bicyclic) bond motifs is 12. The van der Waals surface area contributed by atoms with Crippen molar-refractivity contribution in [2.24, 2.45) is 0 Å². The highest BCUT2D eigenvalue weighted by Crippen LogP contribution is 2.55. The molecule has 0 N–H and O–H groups in total. The standard InChI is InChI=1S/C67H55BN4S/c1-65(2,3)44-25-28-54-50(33-44)51-34-45(66(4,5)6)36-57-61(51)71(54)58-37-46(67(7,8)9)35-53-63(58)72(57)56-31-39(38-69)30-55-60(56)68(53)64-62(52-32-43(24-29-59(52)73-64)40-16-11-10-12-17-40)70(55)47-26-22-42(23-27-47)49-21-15-19-41-18-13-14-20-48(41)49/h10-37H,1-9H3. The summed E-state index contributed by atoms with van der Waals surface area (Å²) < 4.78 is 5.15. The summed E-state index contributed by atoms with van der Waals surface area (Å²) in [5.41, 5.74) is 21.9. The predicted octanol–water partition coefficient (Wildman–Crippen LogP) is 16.6. The van der Waals surface area contributed by atoms with E-state index in [1.165, 1.54) is 114 Å². The lowest BCUT2D eigenvalue weighted by atomic mass is 9.35. The van der Waals surface area contributed by atoms with Crippen molar-refractivity contribution in [2.45, 2.75) is 78.6 Å². The predicted molar refractivity (Wildman–Crippen MR) is 313 cm³/mol. The van der Waals surface area contributed by atoms with Crippen molar-refractivity contribution < 1.29 is 0 Å². The topological polar surface area (TPSA) is 35.2 Å². The molecule has 0 amide bonds. The minimum absolute atomic E-state index is 0.0237. The van der Waals surface area contributed by atoms with Gasteiger partial charge in [-0.25, -0.2) is 0 Å². The van der Waals surface area contributed by atoms with Gasteiger partial charge in [-0.3, -0.25) is 0 Å². The van der Waals surface area contributed by atoms with Crippen LogP contribution in [0.25, 0.3) is 70.6 Å². The van der Waals surface area contributed by atoms with E-state index in [1.807, 2.05) is 11.3 Å². The van der Waals surface area contributed by atoms with E-state index in [-0.39, 0.29) is 23.0 Å². The molecule has 73 heavy (non-hydrogen) atoms. The minimum Gasteiger partial charge on any atom is -0.310 e. The first kappa shape index (κ1) is 43.9. The molecule has 0 saturated heterocycles. The van der Waals surface area contributed by atoms with E-state index < -0.39 is 0 Å². The number of benzene rings is 9. The summed E-state index contributed by atoms with van der Waals surface area (Å²) >= 11 is 1.92. The molecular weight excluding hydrogens is 904 g/mol. The van der Waals surface area contributed by atoms with Crippen molar-refractivity contribution in [3.05, 3.63) is 192 Å². The molecule has 4 nitrogen and oxygen atoms in total. The molecule has 0 aliphatic carbocycles. The molecule has 0 saturated carbocycles. The molecule has 0 fully saturated rings. The molecule has 14 rings (SSSR count). The fourth-order valence-corrected chi connectivity index (χ4v) is 13.6. The zero-order chi connectivity index (χ0) is 50.0. The molecule has 0 atom stereocenters. The maximum atomic E-state index is 11.2. The Morgan fingerprint density at radius 2 is 1.14 bits per heavy atom. The lowest BCUT2D eigenvalue weighted by Crippen LogP contribution is -2.61. The monoisotopic (exact) mass is 958 g/mol. The first-order valence-corrected chi connectivity index (χ1v) is 26.6. The van der Waals surface area contributed by atoms with Gasteiger partial charge in [0.2, 0.25) is 0 Å². The molecule has 3 aliphatic heterocycles. The number of hydrogen-bond donors (Lipinski definition) is 0. The van der Waals surface area contributed by atoms with Gasteiger partial charge in [0.05, 0.1) is 45.4 Å². The Morgan fingerprint density at radius 1 is 0.479 bits per heavy atom. The smallest absolute Gasteiger partial charge is 0.264 e. The lowest BCUT2D eigenvalue weighted by molar-refractivity contribution is 0.590. The maximum Gasteiger partial charge on any atom is 0.264 e. The molecule has 9 aromatic carbocycles. The zero-order valence-electron chi connectivity index (χ0n) is 42.9. The summed E-state index contributed by atoms with van der Waals surface area (Å²) in [4.78, 5) is 5.07. The third kappa shape index (κ3) is 6.38. The fourth-order valence-electron chi connectivity index (χ4n) is 12.3. The number of anilines is 6. The second-order valence-electron chi connectivity index (χ2n) is 23.8. The van der Waals surface area contributed by atoms with Crippen molar-refractivity contribution in [2.75, 3.05) is 9.80 Å². The molecule has 0 unspecified atom stereocenters. The van der Waals surface area contributed by atoms with Crippen LogP contribution in [0.4, 0.5) is 34.1 Å². The van der Waals surface area contributed by atoms with Crippen molar-refractivity contribution in [3.8, 4) is 34.0 Å². The lowest BCUT2D eigenvalue weighted by Gasteiger charge is -2.46. The van der Waals surface area contributed by atoms with Crippen LogP contribution in [-0.2, 0) is 16.2 Å². The van der Waals surface area contributed by atoms with Gasteiger partial charge in [0.1, 0.15) is 0 Å². The van der Waals surface area contributed by atoms with Crippen molar-refractivity contribution >= 4 is 111 Å². The quantitative estimate of drug-likeness (QED) is 0.166. The van der Waals surface area contributed by atoms with E-state index in [0.29, 0.717) is 5.56 Å². The molecule has 6 heteroatoms. The van der Waals surface area contributed by atoms with Crippen LogP contribution >= 0.6 is 11.3 Å². The van der Waals surface area contributed by atoms with Crippen LogP contribution < -0.4 is 25.5 Å². The fraction of sp³-hybridized carbons (Fsp3) is 0.179. The number of nitriles is 1. The van der Waals surface area contributed by atoms with Gasteiger partial charge in [-0.1, -0.05) is 165 Å². The van der Waals surface area contributed by atoms with Gasteiger partial charge in [-0.05, 0) is 144 Å². The number of rotatable bonds is 3. The Morgan fingerprint density at radius 3 is 1.88 bits per heavy atom. The molecule has 0 radical (unpaired) electrons. The van der Waals surface area contributed by atoms with Crippen LogP contribution in [-0.4, -0.2) is 11.3 Å². The van der Waals surface area contributed by atoms with Crippen LogP contribution in [0.15, 0.2) is 170 Å². The summed E-state index contributed by atoms with van der Waals surface area (Å²) in [5.74, 6) is 0. The van der Waals surface area contributed by atoms with Gasteiger partial charge >= 0.3 is 0 Å². The van der Waals surface area contributed by atoms with Crippen molar-refractivity contribution in [3.63, 3.8) is 0 Å². The molecule has 0 spiro atoms. The van der Waals surface area contributed by atoms with Crippen molar-refractivity contribution in [1.29, 1.82) is 5.26 Å². The third-order valence-corrected chi connectivity index (χ3v) is 17.3. The van der Waals surface area contributed by atoms with Crippen LogP contribution in [0.2, 0.25) is 0 Å². The molecular formula is C67H55BN4S. The van der Waals surface area contributed by atoms with Crippen molar-refractivity contribution in [1.82, 2.24) is 4.57 Å². The molecule has 0 bridgehead atoms. The van der Waals surface area contributed by atoms with Crippen LogP contribution in [0.3, 0.4) is 0 Å². The van der Waals surface area contributed by atoms with E-state index in [9.17, 15) is 5.26 Å². The molecule has 11 aromatic rings. The van der Waals surface area contributed by atoms with Gasteiger partial charge in [-0.2, -0.15) is 5.26 Å². The van der Waals surface area contributed by atoms with E-state index in [2.05, 4.69) is 253 Å². The van der Waals surface area contributed by atoms with Gasteiger partial charge in [0, 0.05) is 42.7 Å². The molecule has 2 aromatic heterocycles. The number of hydrogen-bond acceptors (Lipinski definition) is 4. The Bertz CT molecular complexity index is 4220. The Kier molecular flexibility index (Phi) is 9.08. The highest BCUT2D eigenvalue weighted by atomic mass is 32.1. The summed E-state index contributed by atoms with van der Waals surface area (Å²) in [5, 5.41) is 17.5. The van der Waals surface area contributed by atoms with Gasteiger partial charge in [-0.15, -0.1) is 11.3 Å². The van der Waals surface area contributed by atoms with Gasteiger partial charge < -0.3 is 14.4 Å². The van der Waals surface area contributed by atoms with E-state index in [4.69, 9.17) is 0 Å². The largest absolute Gasteiger partial charge is 0.310 e. The second-order valence-corrected chi connectivity index (χ2v) is 24.8. The van der Waals surface area contributed by atoms with Crippen LogP contribution in [0, 0.1) is 11.3 Å². The van der Waals surface area contributed by atoms with Crippen LogP contribution in [0.5, 0.6) is 0 Å². The second kappa shape index (κ2) is 15.1. The Hall–Kier alpha value is -7.85. The van der Waals surface area contributed by atoms with Gasteiger partial charge in [0.15, 0.2) is 0 Å². The first-order chi connectivity index (χ1) is 35.0. The minimum atomic E-state index is -0.151. The van der Waals surface area contributed by atoms with E-state index in [1.54, 1.807) is 0 Å². The number of aromatic nitrogens is 1. The van der Waals surface area contributed by atoms with Crippen LogP contribution in [0.1, 0.15) is 84.6 Å². The average Bonchev–Trinajstić information content (AvgIpc) is 3.93. The summed E-state index contributed by atoms with van der Waals surface area (Å²) in [7, 11) is 0. The molecule has 352 valence electrons. The van der Waals surface area contributed by atoms with Gasteiger partial charge in [0.25, 0.3) is 6.71 Å². The maximum absolute atomic E-state index is 11.2. The Labute approximate surface area is 432 Å². The highest BCUT2D eigenvalue weighted by Gasteiger charge is 2.49. The SMILES string of the molecule is CC(C)(C)c1cc2c3c(c1)-n1c4ccc(C(C)(C)C)cc4c4cc(C(C)(C)C)cc(c41)N3c1cc(C#N)cc3c1B2c1sc2ccc(-c4ccccc4)cc2c1N3c1ccc(-c2cccc3ccccc23)cc1. The average molecular weight is 959 g/mol. The summed E-state index contributed by atoms with van der Waals surface area (Å²) in [6.07, 6.45) is 0. The first-order valence-electron chi connectivity index (χ1n) is 25.8. The summed E-state index contributed by atoms with van der Waals surface area (Å²) in [6.45, 7) is 20.9. The molecule has 5 heterocycles. The summed E-state index contributed by atoms with van der Waals surface area (Å²) in [6, 6.07) is 66.4. The highest BCUT2D eigenvalue weighted by molar-refractivity contribution is 7.33. The molecule has 3 aliphatic rings.